The minimum absolute atomic E-state index is 0.138. The molecule has 0 heterocycles. The highest BCUT2D eigenvalue weighted by Gasteiger charge is 2.05. The summed E-state index contributed by atoms with van der Waals surface area (Å²) in [6.07, 6.45) is 4.51. The quantitative estimate of drug-likeness (QED) is 0.560. The highest BCUT2D eigenvalue weighted by atomic mass is 16.5. The lowest BCUT2D eigenvalue weighted by Crippen LogP contribution is -1.97. The molecule has 0 fully saturated rings. The summed E-state index contributed by atoms with van der Waals surface area (Å²) in [6.45, 7) is 2.74. The van der Waals surface area contributed by atoms with Crippen molar-refractivity contribution in [2.45, 2.75) is 32.6 Å². The first kappa shape index (κ1) is 11.7. The molecule has 2 N–H and O–H groups in total. The van der Waals surface area contributed by atoms with E-state index in [1.165, 1.54) is 18.9 Å². The molecular weight excluding hydrogens is 192 g/mol. The van der Waals surface area contributed by atoms with E-state index in [2.05, 4.69) is 6.92 Å². The molecule has 84 valence electrons. The van der Waals surface area contributed by atoms with Crippen molar-refractivity contribution < 1.29 is 14.9 Å². The number of phenolic OH excluding ortho intramolecular Hbond substituents is 2. The van der Waals surface area contributed by atoms with Gasteiger partial charge in [-0.2, -0.15) is 0 Å². The molecule has 1 aromatic carbocycles. The molecule has 0 radical (unpaired) electrons. The van der Waals surface area contributed by atoms with Crippen LogP contribution in [-0.2, 0) is 0 Å². The summed E-state index contributed by atoms with van der Waals surface area (Å²) < 4.78 is 5.35. The van der Waals surface area contributed by atoms with Gasteiger partial charge in [0.1, 0.15) is 0 Å². The Hall–Kier alpha value is -1.38. The van der Waals surface area contributed by atoms with E-state index in [4.69, 9.17) is 4.74 Å². The van der Waals surface area contributed by atoms with Gasteiger partial charge in [0.2, 0.25) is 5.75 Å². The highest BCUT2D eigenvalue weighted by Crippen LogP contribution is 2.34. The number of phenols is 2. The summed E-state index contributed by atoms with van der Waals surface area (Å²) in [7, 11) is 0. The van der Waals surface area contributed by atoms with E-state index < -0.39 is 0 Å². The van der Waals surface area contributed by atoms with Crippen molar-refractivity contribution in [3.8, 4) is 17.2 Å². The number of benzene rings is 1. The molecule has 0 saturated carbocycles. The molecule has 0 aromatic heterocycles. The van der Waals surface area contributed by atoms with E-state index in [0.717, 1.165) is 12.8 Å². The Morgan fingerprint density at radius 1 is 1.13 bits per heavy atom. The molecule has 15 heavy (non-hydrogen) atoms. The Balaban J connectivity index is 2.34. The second kappa shape index (κ2) is 6.17. The van der Waals surface area contributed by atoms with E-state index in [1.807, 2.05) is 0 Å². The van der Waals surface area contributed by atoms with E-state index in [9.17, 15) is 10.2 Å². The molecule has 0 amide bonds. The Kier molecular flexibility index (Phi) is 4.81. The van der Waals surface area contributed by atoms with Crippen LogP contribution < -0.4 is 4.74 Å². The van der Waals surface area contributed by atoms with Gasteiger partial charge in [-0.05, 0) is 18.6 Å². The molecule has 1 aromatic rings. The molecule has 1 rings (SSSR count). The zero-order valence-corrected chi connectivity index (χ0v) is 9.07. The average Bonchev–Trinajstić information content (AvgIpc) is 2.24. The van der Waals surface area contributed by atoms with Crippen molar-refractivity contribution in [2.24, 2.45) is 0 Å². The van der Waals surface area contributed by atoms with Crippen molar-refractivity contribution in [1.29, 1.82) is 0 Å². The second-order valence-electron chi connectivity index (χ2n) is 3.53. The number of ether oxygens (including phenoxy) is 1. The van der Waals surface area contributed by atoms with Crippen molar-refractivity contribution in [3.05, 3.63) is 18.2 Å². The fourth-order valence-corrected chi connectivity index (χ4v) is 1.34. The maximum atomic E-state index is 9.43. The lowest BCUT2D eigenvalue weighted by Gasteiger charge is -2.08. The van der Waals surface area contributed by atoms with Crippen LogP contribution in [0.1, 0.15) is 32.6 Å². The van der Waals surface area contributed by atoms with Gasteiger partial charge < -0.3 is 14.9 Å². The molecule has 0 aliphatic carbocycles. The normalized spacial score (nSPS) is 10.2. The third-order valence-electron chi connectivity index (χ3n) is 2.23. The molecule has 0 saturated heterocycles. The first-order valence-electron chi connectivity index (χ1n) is 5.39. The smallest absolute Gasteiger partial charge is 0.200 e. The fourth-order valence-electron chi connectivity index (χ4n) is 1.34. The van der Waals surface area contributed by atoms with Gasteiger partial charge in [0.15, 0.2) is 11.5 Å². The summed E-state index contributed by atoms with van der Waals surface area (Å²) in [5.41, 5.74) is 0. The third kappa shape index (κ3) is 3.70. The average molecular weight is 210 g/mol. The first-order valence-corrected chi connectivity index (χ1v) is 5.39. The standard InChI is InChI=1S/C12H18O3/c1-2-3-4-5-9-15-11-8-6-7-10(13)12(11)14/h6-8,13-14H,2-5,9H2,1H3. The number of aromatic hydroxyl groups is 2. The maximum absolute atomic E-state index is 9.43. The lowest BCUT2D eigenvalue weighted by molar-refractivity contribution is 0.283. The van der Waals surface area contributed by atoms with Crippen molar-refractivity contribution in [1.82, 2.24) is 0 Å². The predicted molar refractivity (Wildman–Crippen MR) is 59.4 cm³/mol. The molecule has 0 bridgehead atoms. The predicted octanol–water partition coefficient (Wildman–Crippen LogP) is 3.06. The van der Waals surface area contributed by atoms with Crippen LogP contribution in [0.25, 0.3) is 0 Å². The molecule has 0 atom stereocenters. The summed E-state index contributed by atoms with van der Waals surface area (Å²) >= 11 is 0. The Morgan fingerprint density at radius 3 is 2.67 bits per heavy atom. The van der Waals surface area contributed by atoms with E-state index >= 15 is 0 Å². The van der Waals surface area contributed by atoms with Crippen LogP contribution in [0.2, 0.25) is 0 Å². The second-order valence-corrected chi connectivity index (χ2v) is 3.53. The lowest BCUT2D eigenvalue weighted by atomic mass is 10.2. The van der Waals surface area contributed by atoms with Crippen molar-refractivity contribution >= 4 is 0 Å². The molecular formula is C12H18O3. The Bertz CT molecular complexity index is 297. The van der Waals surface area contributed by atoms with E-state index in [-0.39, 0.29) is 11.5 Å². The van der Waals surface area contributed by atoms with Crippen molar-refractivity contribution in [3.63, 3.8) is 0 Å². The number of para-hydroxylation sites is 1. The molecule has 0 aliphatic heterocycles. The Labute approximate surface area is 90.3 Å². The zero-order chi connectivity index (χ0) is 11.1. The van der Waals surface area contributed by atoms with Crippen LogP contribution in [0.4, 0.5) is 0 Å². The first-order chi connectivity index (χ1) is 7.25. The van der Waals surface area contributed by atoms with Crippen LogP contribution in [0.15, 0.2) is 18.2 Å². The number of unbranched alkanes of at least 4 members (excludes halogenated alkanes) is 3. The molecule has 0 aliphatic rings. The van der Waals surface area contributed by atoms with E-state index in [0.29, 0.717) is 12.4 Å². The van der Waals surface area contributed by atoms with E-state index in [1.54, 1.807) is 12.1 Å². The van der Waals surface area contributed by atoms with Gasteiger partial charge in [-0.1, -0.05) is 32.3 Å². The summed E-state index contributed by atoms with van der Waals surface area (Å²) in [6, 6.07) is 4.73. The number of rotatable bonds is 6. The van der Waals surface area contributed by atoms with Gasteiger partial charge >= 0.3 is 0 Å². The van der Waals surface area contributed by atoms with Gasteiger partial charge in [-0.15, -0.1) is 0 Å². The maximum Gasteiger partial charge on any atom is 0.200 e. The minimum Gasteiger partial charge on any atom is -0.504 e. The fraction of sp³-hybridized carbons (Fsp3) is 0.500. The summed E-state index contributed by atoms with van der Waals surface area (Å²) in [4.78, 5) is 0. The molecule has 3 nitrogen and oxygen atoms in total. The van der Waals surface area contributed by atoms with Gasteiger partial charge in [0.25, 0.3) is 0 Å². The van der Waals surface area contributed by atoms with Crippen LogP contribution in [0.5, 0.6) is 17.2 Å². The van der Waals surface area contributed by atoms with Crippen LogP contribution >= 0.6 is 0 Å². The molecule has 0 spiro atoms. The topological polar surface area (TPSA) is 49.7 Å². The number of hydrogen-bond acceptors (Lipinski definition) is 3. The zero-order valence-electron chi connectivity index (χ0n) is 9.07. The molecule has 0 unspecified atom stereocenters. The summed E-state index contributed by atoms with van der Waals surface area (Å²) in [5, 5.41) is 18.6. The SMILES string of the molecule is CCCCCCOc1cccc(O)c1O. The third-order valence-corrected chi connectivity index (χ3v) is 2.23. The van der Waals surface area contributed by atoms with Crippen molar-refractivity contribution in [2.75, 3.05) is 6.61 Å². The van der Waals surface area contributed by atoms with Gasteiger partial charge in [0, 0.05) is 0 Å². The molecule has 3 heteroatoms. The van der Waals surface area contributed by atoms with Crippen LogP contribution in [-0.4, -0.2) is 16.8 Å². The largest absolute Gasteiger partial charge is 0.504 e. The minimum atomic E-state index is -0.173. The van der Waals surface area contributed by atoms with Gasteiger partial charge in [0.05, 0.1) is 6.61 Å². The number of hydrogen-bond donors (Lipinski definition) is 2. The van der Waals surface area contributed by atoms with Gasteiger partial charge in [-0.3, -0.25) is 0 Å². The Morgan fingerprint density at radius 2 is 1.93 bits per heavy atom. The summed E-state index contributed by atoms with van der Waals surface area (Å²) in [5.74, 6) is 0.0422. The van der Waals surface area contributed by atoms with Gasteiger partial charge in [-0.25, -0.2) is 0 Å². The highest BCUT2D eigenvalue weighted by molar-refractivity contribution is 5.48. The monoisotopic (exact) mass is 210 g/mol. The van der Waals surface area contributed by atoms with Crippen LogP contribution in [0, 0.1) is 0 Å². The van der Waals surface area contributed by atoms with Crippen LogP contribution in [0.3, 0.4) is 0 Å².